The third-order valence-electron chi connectivity index (χ3n) is 1.48. The normalized spacial score (nSPS) is 12.4. The molecule has 0 aliphatic carbocycles. The molecular weight excluding hydrogens is 197 g/mol. The standard InChI is InChI=1S/C7H11F3N4/c1-4(2)11-3-5-12-6(14-13-5)7(8,9)10/h4,11H,3H2,1-2H3,(H,12,13,14). The quantitative estimate of drug-likeness (QED) is 0.787. The molecule has 1 aromatic heterocycles. The number of H-pyrrole nitrogens is 1. The van der Waals surface area contributed by atoms with Crippen LogP contribution in [0.25, 0.3) is 0 Å². The molecule has 7 heteroatoms. The summed E-state index contributed by atoms with van der Waals surface area (Å²) in [6, 6.07) is 0.189. The van der Waals surface area contributed by atoms with Crippen molar-refractivity contribution in [2.24, 2.45) is 0 Å². The summed E-state index contributed by atoms with van der Waals surface area (Å²) in [5.41, 5.74) is 0. The Balaban J connectivity index is 2.60. The van der Waals surface area contributed by atoms with Crippen LogP contribution in [0.15, 0.2) is 0 Å². The van der Waals surface area contributed by atoms with Gasteiger partial charge in [-0.3, -0.25) is 0 Å². The maximum Gasteiger partial charge on any atom is 0.451 e. The van der Waals surface area contributed by atoms with E-state index in [2.05, 4.69) is 20.5 Å². The number of hydrogen-bond donors (Lipinski definition) is 2. The second kappa shape index (κ2) is 3.95. The second-order valence-corrected chi connectivity index (χ2v) is 3.15. The molecule has 0 aliphatic rings. The van der Waals surface area contributed by atoms with Gasteiger partial charge in [0, 0.05) is 6.04 Å². The molecule has 2 N–H and O–H groups in total. The highest BCUT2D eigenvalue weighted by Gasteiger charge is 2.35. The smallest absolute Gasteiger partial charge is 0.320 e. The first-order valence-corrected chi connectivity index (χ1v) is 4.11. The average Bonchev–Trinajstić information content (AvgIpc) is 2.47. The van der Waals surface area contributed by atoms with E-state index in [9.17, 15) is 13.2 Å². The molecular formula is C7H11F3N4. The van der Waals surface area contributed by atoms with E-state index >= 15 is 0 Å². The van der Waals surface area contributed by atoms with Gasteiger partial charge in [-0.1, -0.05) is 13.8 Å². The lowest BCUT2D eigenvalue weighted by molar-refractivity contribution is -0.144. The molecule has 14 heavy (non-hydrogen) atoms. The summed E-state index contributed by atoms with van der Waals surface area (Å²) in [7, 11) is 0. The van der Waals surface area contributed by atoms with Crippen LogP contribution in [0, 0.1) is 0 Å². The maximum atomic E-state index is 12.0. The number of hydrogen-bond acceptors (Lipinski definition) is 3. The highest BCUT2D eigenvalue weighted by Crippen LogP contribution is 2.25. The fourth-order valence-electron chi connectivity index (χ4n) is 0.805. The molecule has 0 saturated carbocycles. The van der Waals surface area contributed by atoms with E-state index in [4.69, 9.17) is 0 Å². The fraction of sp³-hybridized carbons (Fsp3) is 0.714. The molecule has 1 heterocycles. The van der Waals surface area contributed by atoms with Crippen LogP contribution in [-0.4, -0.2) is 21.2 Å². The third kappa shape index (κ3) is 2.99. The molecule has 0 atom stereocenters. The molecule has 1 aromatic rings. The minimum absolute atomic E-state index is 0.186. The molecule has 0 amide bonds. The second-order valence-electron chi connectivity index (χ2n) is 3.15. The minimum atomic E-state index is -4.46. The summed E-state index contributed by atoms with van der Waals surface area (Å²) in [6.45, 7) is 4.03. The van der Waals surface area contributed by atoms with Crippen LogP contribution in [0.5, 0.6) is 0 Å². The van der Waals surface area contributed by atoms with Gasteiger partial charge >= 0.3 is 6.18 Å². The summed E-state index contributed by atoms with van der Waals surface area (Å²) in [5, 5.41) is 9.29. The Morgan fingerprint density at radius 3 is 2.43 bits per heavy atom. The molecule has 0 saturated heterocycles. The van der Waals surface area contributed by atoms with Crippen LogP contribution in [0.4, 0.5) is 13.2 Å². The van der Waals surface area contributed by atoms with E-state index in [0.717, 1.165) is 0 Å². The Hall–Kier alpha value is -1.11. The van der Waals surface area contributed by atoms with Gasteiger partial charge in [-0.25, -0.2) is 0 Å². The first-order valence-electron chi connectivity index (χ1n) is 4.11. The van der Waals surface area contributed by atoms with Gasteiger partial charge in [-0.15, -0.1) is 10.2 Å². The van der Waals surface area contributed by atoms with Crippen LogP contribution in [0.3, 0.4) is 0 Å². The lowest BCUT2D eigenvalue weighted by Crippen LogP contribution is -2.22. The molecule has 0 bridgehead atoms. The van der Waals surface area contributed by atoms with E-state index in [1.165, 1.54) is 0 Å². The highest BCUT2D eigenvalue weighted by atomic mass is 19.4. The van der Waals surface area contributed by atoms with Gasteiger partial charge in [0.15, 0.2) is 0 Å². The number of halogens is 3. The number of alkyl halides is 3. The van der Waals surface area contributed by atoms with Crippen molar-refractivity contribution >= 4 is 0 Å². The topological polar surface area (TPSA) is 53.6 Å². The minimum Gasteiger partial charge on any atom is -0.320 e. The van der Waals surface area contributed by atoms with Gasteiger partial charge in [-0.2, -0.15) is 13.2 Å². The first kappa shape index (κ1) is 11.0. The summed E-state index contributed by atoms with van der Waals surface area (Å²) in [4.78, 5) is 2.10. The van der Waals surface area contributed by atoms with E-state index in [-0.39, 0.29) is 18.4 Å². The van der Waals surface area contributed by atoms with Gasteiger partial charge in [0.25, 0.3) is 0 Å². The van der Waals surface area contributed by atoms with Gasteiger partial charge in [-0.05, 0) is 0 Å². The Morgan fingerprint density at radius 1 is 1.36 bits per heavy atom. The lowest BCUT2D eigenvalue weighted by atomic mass is 10.4. The molecule has 0 unspecified atom stereocenters. The van der Waals surface area contributed by atoms with Gasteiger partial charge in [0.2, 0.25) is 5.82 Å². The third-order valence-corrected chi connectivity index (χ3v) is 1.48. The van der Waals surface area contributed by atoms with Crippen LogP contribution >= 0.6 is 0 Å². The van der Waals surface area contributed by atoms with Gasteiger partial charge in [0.1, 0.15) is 5.82 Å². The molecule has 0 spiro atoms. The maximum absolute atomic E-state index is 12.0. The molecule has 1 rings (SSSR count). The van der Waals surface area contributed by atoms with Crippen molar-refractivity contribution < 1.29 is 13.2 Å². The summed E-state index contributed by atoms with van der Waals surface area (Å²) >= 11 is 0. The van der Waals surface area contributed by atoms with Crippen molar-refractivity contribution in [3.8, 4) is 0 Å². The van der Waals surface area contributed by atoms with Crippen molar-refractivity contribution in [2.45, 2.75) is 32.6 Å². The average molecular weight is 208 g/mol. The molecule has 0 radical (unpaired) electrons. The summed E-state index contributed by atoms with van der Waals surface area (Å²) < 4.78 is 36.1. The van der Waals surface area contributed by atoms with E-state index in [1.807, 2.05) is 13.8 Å². The van der Waals surface area contributed by atoms with Crippen LogP contribution in [0.2, 0.25) is 0 Å². The molecule has 0 aromatic carbocycles. The predicted molar refractivity (Wildman–Crippen MR) is 43.4 cm³/mol. The number of nitrogens with zero attached hydrogens (tertiary/aromatic N) is 2. The van der Waals surface area contributed by atoms with Gasteiger partial charge in [0.05, 0.1) is 6.54 Å². The number of rotatable bonds is 3. The van der Waals surface area contributed by atoms with E-state index in [0.29, 0.717) is 0 Å². The highest BCUT2D eigenvalue weighted by molar-refractivity contribution is 4.93. The van der Waals surface area contributed by atoms with Crippen molar-refractivity contribution in [2.75, 3.05) is 0 Å². The molecule has 0 fully saturated rings. The van der Waals surface area contributed by atoms with Crippen LogP contribution < -0.4 is 5.32 Å². The Kier molecular flexibility index (Phi) is 3.10. The first-order chi connectivity index (χ1) is 6.39. The Bertz CT molecular complexity index is 291. The van der Waals surface area contributed by atoms with E-state index in [1.54, 1.807) is 0 Å². The van der Waals surface area contributed by atoms with Crippen molar-refractivity contribution in [3.05, 3.63) is 11.6 Å². The molecule has 0 aliphatic heterocycles. The molecule has 80 valence electrons. The fourth-order valence-corrected chi connectivity index (χ4v) is 0.805. The summed E-state index contributed by atoms with van der Waals surface area (Å²) in [6.07, 6.45) is -4.46. The Morgan fingerprint density at radius 2 is 2.00 bits per heavy atom. The summed E-state index contributed by atoms with van der Waals surface area (Å²) in [5.74, 6) is -0.871. The molecule has 4 nitrogen and oxygen atoms in total. The Labute approximate surface area is 78.9 Å². The van der Waals surface area contributed by atoms with Crippen molar-refractivity contribution in [1.29, 1.82) is 0 Å². The zero-order chi connectivity index (χ0) is 10.8. The predicted octanol–water partition coefficient (Wildman–Crippen LogP) is 1.32. The van der Waals surface area contributed by atoms with Crippen molar-refractivity contribution in [3.63, 3.8) is 0 Å². The monoisotopic (exact) mass is 208 g/mol. The SMILES string of the molecule is CC(C)NCc1nnc(C(F)(F)F)[nH]1. The largest absolute Gasteiger partial charge is 0.451 e. The van der Waals surface area contributed by atoms with Crippen LogP contribution in [-0.2, 0) is 12.7 Å². The van der Waals surface area contributed by atoms with Crippen LogP contribution in [0.1, 0.15) is 25.5 Å². The number of aromatic amines is 1. The zero-order valence-electron chi connectivity index (χ0n) is 7.81. The van der Waals surface area contributed by atoms with Crippen molar-refractivity contribution in [1.82, 2.24) is 20.5 Å². The number of aromatic nitrogens is 3. The zero-order valence-corrected chi connectivity index (χ0v) is 7.81. The lowest BCUT2D eigenvalue weighted by Gasteiger charge is -2.04. The van der Waals surface area contributed by atoms with Gasteiger partial charge < -0.3 is 10.3 Å². The van der Waals surface area contributed by atoms with E-state index < -0.39 is 12.0 Å². The number of nitrogens with one attached hydrogen (secondary N) is 2.